The van der Waals surface area contributed by atoms with E-state index in [4.69, 9.17) is 4.42 Å². The van der Waals surface area contributed by atoms with Gasteiger partial charge in [-0.1, -0.05) is 0 Å². The van der Waals surface area contributed by atoms with Gasteiger partial charge >= 0.3 is 0 Å². The summed E-state index contributed by atoms with van der Waals surface area (Å²) in [5.41, 5.74) is 1.87. The fraction of sp³-hybridized carbons (Fsp3) is 0.125. The number of aromatic nitrogens is 1. The van der Waals surface area contributed by atoms with Crippen LogP contribution in [-0.4, -0.2) is 4.98 Å². The van der Waals surface area contributed by atoms with Gasteiger partial charge in [-0.3, -0.25) is 4.98 Å². The van der Waals surface area contributed by atoms with E-state index in [1.165, 1.54) is 0 Å². The van der Waals surface area contributed by atoms with Crippen LogP contribution < -0.4 is 0 Å². The SMILES string of the molecule is Cc1cc2ccoc2cn1. The van der Waals surface area contributed by atoms with E-state index in [-0.39, 0.29) is 0 Å². The summed E-state index contributed by atoms with van der Waals surface area (Å²) >= 11 is 0. The van der Waals surface area contributed by atoms with E-state index >= 15 is 0 Å². The van der Waals surface area contributed by atoms with Gasteiger partial charge in [-0.2, -0.15) is 0 Å². The van der Waals surface area contributed by atoms with Crippen molar-refractivity contribution in [1.29, 1.82) is 0 Å². The molecular weight excluding hydrogens is 126 g/mol. The second kappa shape index (κ2) is 1.84. The molecule has 50 valence electrons. The molecule has 0 aliphatic carbocycles. The molecule has 0 spiro atoms. The van der Waals surface area contributed by atoms with Crippen LogP contribution in [0.3, 0.4) is 0 Å². The molecule has 0 unspecified atom stereocenters. The first-order valence-corrected chi connectivity index (χ1v) is 3.16. The molecule has 2 nitrogen and oxygen atoms in total. The van der Waals surface area contributed by atoms with Gasteiger partial charge in [0.05, 0.1) is 12.5 Å². The van der Waals surface area contributed by atoms with Crippen molar-refractivity contribution in [3.05, 3.63) is 30.3 Å². The summed E-state index contributed by atoms with van der Waals surface area (Å²) in [5, 5.41) is 1.12. The van der Waals surface area contributed by atoms with Gasteiger partial charge in [-0.05, 0) is 19.1 Å². The number of nitrogens with zero attached hydrogens (tertiary/aromatic N) is 1. The summed E-state index contributed by atoms with van der Waals surface area (Å²) in [6.07, 6.45) is 3.41. The first kappa shape index (κ1) is 5.47. The van der Waals surface area contributed by atoms with Gasteiger partial charge in [0.25, 0.3) is 0 Å². The summed E-state index contributed by atoms with van der Waals surface area (Å²) in [5.74, 6) is 0. The fourth-order valence-electron chi connectivity index (χ4n) is 0.978. The van der Waals surface area contributed by atoms with Crippen LogP contribution in [0, 0.1) is 6.92 Å². The number of rotatable bonds is 0. The van der Waals surface area contributed by atoms with Crippen LogP contribution in [0.25, 0.3) is 11.0 Å². The Balaban J connectivity index is 2.86. The third-order valence-corrected chi connectivity index (χ3v) is 1.48. The maximum absolute atomic E-state index is 5.11. The van der Waals surface area contributed by atoms with Crippen LogP contribution in [0.2, 0.25) is 0 Å². The van der Waals surface area contributed by atoms with Crippen LogP contribution in [0.1, 0.15) is 5.69 Å². The van der Waals surface area contributed by atoms with E-state index in [1.54, 1.807) is 12.5 Å². The molecule has 2 heteroatoms. The number of fused-ring (bicyclic) bond motifs is 1. The maximum Gasteiger partial charge on any atom is 0.152 e. The van der Waals surface area contributed by atoms with E-state index < -0.39 is 0 Å². The van der Waals surface area contributed by atoms with Gasteiger partial charge in [0, 0.05) is 11.1 Å². The highest BCUT2D eigenvalue weighted by Crippen LogP contribution is 2.13. The second-order valence-corrected chi connectivity index (χ2v) is 2.28. The van der Waals surface area contributed by atoms with Crippen LogP contribution >= 0.6 is 0 Å². The lowest BCUT2D eigenvalue weighted by Gasteiger charge is -1.88. The third kappa shape index (κ3) is 0.692. The summed E-state index contributed by atoms with van der Waals surface area (Å²) in [6, 6.07) is 3.93. The van der Waals surface area contributed by atoms with E-state index in [0.29, 0.717) is 0 Å². The molecule has 0 amide bonds. The van der Waals surface area contributed by atoms with E-state index in [2.05, 4.69) is 4.98 Å². The van der Waals surface area contributed by atoms with Crippen molar-refractivity contribution >= 4 is 11.0 Å². The van der Waals surface area contributed by atoms with Gasteiger partial charge < -0.3 is 4.42 Å². The molecule has 0 atom stereocenters. The molecular formula is C8H7NO. The minimum atomic E-state index is 0.852. The van der Waals surface area contributed by atoms with Crippen LogP contribution in [0.4, 0.5) is 0 Å². The Bertz CT molecular complexity index is 351. The zero-order chi connectivity index (χ0) is 6.97. The Morgan fingerprint density at radius 1 is 1.50 bits per heavy atom. The third-order valence-electron chi connectivity index (χ3n) is 1.48. The zero-order valence-electron chi connectivity index (χ0n) is 5.66. The van der Waals surface area contributed by atoms with Crippen molar-refractivity contribution in [1.82, 2.24) is 4.98 Å². The lowest BCUT2D eigenvalue weighted by Crippen LogP contribution is -1.76. The van der Waals surface area contributed by atoms with Gasteiger partial charge in [0.2, 0.25) is 0 Å². The maximum atomic E-state index is 5.11. The molecule has 0 N–H and O–H groups in total. The molecule has 0 aromatic carbocycles. The molecule has 10 heavy (non-hydrogen) atoms. The number of aryl methyl sites for hydroxylation is 1. The molecule has 2 aromatic heterocycles. The average Bonchev–Trinajstić information content (AvgIpc) is 2.33. The summed E-state index contributed by atoms with van der Waals surface area (Å²) in [6.45, 7) is 1.96. The lowest BCUT2D eigenvalue weighted by molar-refractivity contribution is 0.614. The zero-order valence-corrected chi connectivity index (χ0v) is 5.66. The Hall–Kier alpha value is -1.31. The highest BCUT2D eigenvalue weighted by Gasteiger charge is 1.94. The first-order chi connectivity index (χ1) is 4.86. The molecule has 0 bridgehead atoms. The quantitative estimate of drug-likeness (QED) is 0.550. The lowest BCUT2D eigenvalue weighted by atomic mass is 10.3. The van der Waals surface area contributed by atoms with Crippen LogP contribution in [-0.2, 0) is 0 Å². The number of hydrogen-bond donors (Lipinski definition) is 0. The normalized spacial score (nSPS) is 10.5. The van der Waals surface area contributed by atoms with Crippen molar-refractivity contribution in [3.8, 4) is 0 Å². The van der Waals surface area contributed by atoms with Gasteiger partial charge in [0.15, 0.2) is 5.58 Å². The predicted molar refractivity (Wildman–Crippen MR) is 38.7 cm³/mol. The van der Waals surface area contributed by atoms with Crippen molar-refractivity contribution in [2.45, 2.75) is 6.92 Å². The largest absolute Gasteiger partial charge is 0.463 e. The summed E-state index contributed by atoms with van der Waals surface area (Å²) in [7, 11) is 0. The highest BCUT2D eigenvalue weighted by atomic mass is 16.3. The van der Waals surface area contributed by atoms with Gasteiger partial charge in [0.1, 0.15) is 0 Å². The number of pyridine rings is 1. The van der Waals surface area contributed by atoms with Crippen molar-refractivity contribution in [2.75, 3.05) is 0 Å². The predicted octanol–water partition coefficient (Wildman–Crippen LogP) is 2.14. The summed E-state index contributed by atoms with van der Waals surface area (Å²) < 4.78 is 5.11. The van der Waals surface area contributed by atoms with Crippen LogP contribution in [0.5, 0.6) is 0 Å². The molecule has 0 saturated carbocycles. The highest BCUT2D eigenvalue weighted by molar-refractivity contribution is 5.76. The molecule has 2 heterocycles. The van der Waals surface area contributed by atoms with Crippen LogP contribution in [0.15, 0.2) is 29.0 Å². The molecule has 0 radical (unpaired) electrons. The molecule has 2 aromatic rings. The minimum absolute atomic E-state index is 0.852. The average molecular weight is 133 g/mol. The Labute approximate surface area is 58.5 Å². The van der Waals surface area contributed by atoms with Crippen molar-refractivity contribution < 1.29 is 4.42 Å². The van der Waals surface area contributed by atoms with Crippen molar-refractivity contribution in [3.63, 3.8) is 0 Å². The molecule has 0 saturated heterocycles. The smallest absolute Gasteiger partial charge is 0.152 e. The molecule has 0 aliphatic heterocycles. The molecule has 0 fully saturated rings. The minimum Gasteiger partial charge on any atom is -0.463 e. The standard InChI is InChI=1S/C8H7NO/c1-6-4-7-2-3-10-8(7)5-9-6/h2-5H,1H3. The Morgan fingerprint density at radius 2 is 2.40 bits per heavy atom. The molecule has 2 rings (SSSR count). The Morgan fingerprint density at radius 3 is 3.30 bits per heavy atom. The van der Waals surface area contributed by atoms with E-state index in [1.807, 2.05) is 19.1 Å². The number of furan rings is 1. The Kier molecular flexibility index (Phi) is 1.01. The first-order valence-electron chi connectivity index (χ1n) is 3.16. The molecule has 0 aliphatic rings. The van der Waals surface area contributed by atoms with E-state index in [9.17, 15) is 0 Å². The van der Waals surface area contributed by atoms with Gasteiger partial charge in [-0.25, -0.2) is 0 Å². The monoisotopic (exact) mass is 133 g/mol. The van der Waals surface area contributed by atoms with E-state index in [0.717, 1.165) is 16.7 Å². The van der Waals surface area contributed by atoms with Gasteiger partial charge in [-0.15, -0.1) is 0 Å². The summed E-state index contributed by atoms with van der Waals surface area (Å²) in [4.78, 5) is 4.09. The number of hydrogen-bond acceptors (Lipinski definition) is 2. The topological polar surface area (TPSA) is 26.0 Å². The van der Waals surface area contributed by atoms with Crippen molar-refractivity contribution in [2.24, 2.45) is 0 Å². The fourth-order valence-corrected chi connectivity index (χ4v) is 0.978. The second-order valence-electron chi connectivity index (χ2n) is 2.28.